The number of ether oxygens (including phenoxy) is 2. The summed E-state index contributed by atoms with van der Waals surface area (Å²) in [6.07, 6.45) is 6.30. The lowest BCUT2D eigenvalue weighted by molar-refractivity contribution is -0.155. The molecule has 1 amide bonds. The smallest absolute Gasteiger partial charge is 0.340 e. The van der Waals surface area contributed by atoms with Gasteiger partial charge in [-0.2, -0.15) is 0 Å². The highest BCUT2D eigenvalue weighted by atomic mass is 16.6. The fraction of sp³-hybridized carbons (Fsp3) is 0.379. The summed E-state index contributed by atoms with van der Waals surface area (Å²) in [5, 5.41) is 2.98. The van der Waals surface area contributed by atoms with Gasteiger partial charge in [-0.1, -0.05) is 68.5 Å². The average molecular weight is 520 g/mol. The second kappa shape index (κ2) is 11.9. The number of carbonyl (C=O) groups excluding carboxylic acids is 4. The number of aromatic nitrogens is 1. The molecule has 0 aliphatic heterocycles. The number of esters is 2. The number of methoxy groups -OCH3 is 1. The van der Waals surface area contributed by atoms with Crippen LogP contribution in [0.25, 0.3) is 5.52 Å². The Kier molecular flexibility index (Phi) is 8.45. The van der Waals surface area contributed by atoms with Crippen molar-refractivity contribution in [1.29, 1.82) is 0 Å². The van der Waals surface area contributed by atoms with Crippen LogP contribution in [-0.2, 0) is 36.9 Å². The number of Topliss-reactive ketones (excluding diaryl/α,β-unsaturated/α-hetero) is 1. The third-order valence-electron chi connectivity index (χ3n) is 7.17. The summed E-state index contributed by atoms with van der Waals surface area (Å²) in [6.45, 7) is 1.79. The third-order valence-corrected chi connectivity index (χ3v) is 7.17. The van der Waals surface area contributed by atoms with E-state index in [1.54, 1.807) is 29.5 Å². The number of nitrogens with one attached hydrogen (secondary N) is 1. The molecule has 1 aliphatic rings. The molecule has 1 atom stereocenters. The summed E-state index contributed by atoms with van der Waals surface area (Å²) in [4.78, 5) is 50.4. The molecular weight excluding hydrogens is 486 g/mol. The number of rotatable bonds is 10. The first-order chi connectivity index (χ1) is 18.3. The molecule has 9 heteroatoms. The van der Waals surface area contributed by atoms with Gasteiger partial charge in [0.25, 0.3) is 11.7 Å². The number of benzene rings is 1. The van der Waals surface area contributed by atoms with E-state index in [0.29, 0.717) is 29.2 Å². The Morgan fingerprint density at radius 3 is 2.37 bits per heavy atom. The Labute approximate surface area is 221 Å². The van der Waals surface area contributed by atoms with E-state index in [-0.39, 0.29) is 12.2 Å². The van der Waals surface area contributed by atoms with Gasteiger partial charge in [0.2, 0.25) is 6.04 Å². The fourth-order valence-corrected chi connectivity index (χ4v) is 5.22. The van der Waals surface area contributed by atoms with Crippen LogP contribution in [0.3, 0.4) is 0 Å². The molecule has 3 N–H and O–H groups in total. The fourth-order valence-electron chi connectivity index (χ4n) is 5.22. The number of amides is 1. The van der Waals surface area contributed by atoms with Crippen LogP contribution in [0, 0.1) is 12.8 Å². The molecule has 1 saturated carbocycles. The van der Waals surface area contributed by atoms with Crippen LogP contribution >= 0.6 is 0 Å². The quantitative estimate of drug-likeness (QED) is 0.181. The molecule has 4 rings (SSSR count). The van der Waals surface area contributed by atoms with Crippen molar-refractivity contribution in [1.82, 2.24) is 4.40 Å². The lowest BCUT2D eigenvalue weighted by Gasteiger charge is -2.23. The van der Waals surface area contributed by atoms with Gasteiger partial charge in [0.05, 0.1) is 18.2 Å². The number of nitrogens with two attached hydrogens (primary N) is 1. The average Bonchev–Trinajstić information content (AvgIpc) is 3.21. The normalized spacial score (nSPS) is 14.6. The molecular formula is C29H33N3O6. The molecule has 1 unspecified atom stereocenters. The number of hydrogen-bond donors (Lipinski definition) is 2. The van der Waals surface area contributed by atoms with Crippen molar-refractivity contribution in [3.05, 3.63) is 70.9 Å². The molecule has 0 bridgehead atoms. The first-order valence-electron chi connectivity index (χ1n) is 12.8. The van der Waals surface area contributed by atoms with Gasteiger partial charge in [-0.25, -0.2) is 9.59 Å². The highest BCUT2D eigenvalue weighted by molar-refractivity contribution is 6.44. The number of primary amides is 1. The largest absolute Gasteiger partial charge is 0.467 e. The summed E-state index contributed by atoms with van der Waals surface area (Å²) in [6, 6.07) is 12.8. The lowest BCUT2D eigenvalue weighted by Crippen LogP contribution is -2.40. The SMILES string of the molecule is COC(=O)C(Nc1cccc2c(C(=O)C(N)=O)c(C)c(CC3CCCCC3)n12)C(=O)OCc1ccccc1. The molecule has 0 radical (unpaired) electrons. The highest BCUT2D eigenvalue weighted by Crippen LogP contribution is 2.33. The van der Waals surface area contributed by atoms with Gasteiger partial charge in [0.1, 0.15) is 12.4 Å². The van der Waals surface area contributed by atoms with Gasteiger partial charge < -0.3 is 20.5 Å². The van der Waals surface area contributed by atoms with Gasteiger partial charge in [-0.3, -0.25) is 14.0 Å². The van der Waals surface area contributed by atoms with Crippen LogP contribution in [-0.4, -0.2) is 41.2 Å². The van der Waals surface area contributed by atoms with Crippen LogP contribution in [0.5, 0.6) is 0 Å². The Morgan fingerprint density at radius 2 is 1.71 bits per heavy atom. The maximum absolute atomic E-state index is 13.0. The van der Waals surface area contributed by atoms with Gasteiger partial charge in [-0.15, -0.1) is 0 Å². The van der Waals surface area contributed by atoms with E-state index in [9.17, 15) is 19.2 Å². The molecule has 200 valence electrons. The molecule has 9 nitrogen and oxygen atoms in total. The first kappa shape index (κ1) is 26.9. The van der Waals surface area contributed by atoms with Crippen molar-refractivity contribution in [2.45, 2.75) is 58.1 Å². The lowest BCUT2D eigenvalue weighted by atomic mass is 9.85. The first-order valence-corrected chi connectivity index (χ1v) is 12.8. The van der Waals surface area contributed by atoms with E-state index in [1.807, 2.05) is 30.3 Å². The van der Waals surface area contributed by atoms with Crippen LogP contribution in [0.4, 0.5) is 5.82 Å². The predicted octanol–water partition coefficient (Wildman–Crippen LogP) is 3.74. The molecule has 38 heavy (non-hydrogen) atoms. The minimum atomic E-state index is -1.45. The van der Waals surface area contributed by atoms with Crippen molar-refractivity contribution >= 4 is 35.0 Å². The van der Waals surface area contributed by atoms with Gasteiger partial charge >= 0.3 is 11.9 Å². The standard InChI is InChI=1S/C29H33N3O6/c1-18-22(16-19-10-5-3-6-11-19)32-21(24(18)26(33)27(30)34)14-9-15-23(32)31-25(28(35)37-2)29(36)38-17-20-12-7-4-8-13-20/h4,7-9,12-15,19,25,31H,3,5-6,10-11,16-17H2,1-2H3,(H2,30,34). The van der Waals surface area contributed by atoms with Gasteiger partial charge in [-0.05, 0) is 42.5 Å². The van der Waals surface area contributed by atoms with E-state index >= 15 is 0 Å². The molecule has 0 spiro atoms. The summed E-state index contributed by atoms with van der Waals surface area (Å²) >= 11 is 0. The Bertz CT molecular complexity index is 1340. The third kappa shape index (κ3) is 5.72. The zero-order valence-electron chi connectivity index (χ0n) is 21.7. The zero-order valence-corrected chi connectivity index (χ0v) is 21.7. The van der Waals surface area contributed by atoms with Crippen molar-refractivity contribution in [2.75, 3.05) is 12.4 Å². The van der Waals surface area contributed by atoms with E-state index in [0.717, 1.165) is 36.9 Å². The van der Waals surface area contributed by atoms with Gasteiger partial charge in [0.15, 0.2) is 0 Å². The van der Waals surface area contributed by atoms with Crippen molar-refractivity contribution in [3.63, 3.8) is 0 Å². The number of carbonyl (C=O) groups is 4. The van der Waals surface area contributed by atoms with Crippen LogP contribution < -0.4 is 11.1 Å². The topological polar surface area (TPSA) is 129 Å². The maximum atomic E-state index is 13.0. The molecule has 1 fully saturated rings. The summed E-state index contributed by atoms with van der Waals surface area (Å²) < 4.78 is 12.1. The number of ketones is 1. The van der Waals surface area contributed by atoms with Crippen molar-refractivity contribution in [2.24, 2.45) is 11.7 Å². The minimum Gasteiger partial charge on any atom is -0.467 e. The van der Waals surface area contributed by atoms with Crippen molar-refractivity contribution < 1.29 is 28.7 Å². The van der Waals surface area contributed by atoms with E-state index in [4.69, 9.17) is 15.2 Å². The summed E-state index contributed by atoms with van der Waals surface area (Å²) in [7, 11) is 1.19. The summed E-state index contributed by atoms with van der Waals surface area (Å²) in [5.41, 5.74) is 8.36. The van der Waals surface area contributed by atoms with E-state index in [1.165, 1.54) is 13.5 Å². The Hall–Kier alpha value is -4.14. The van der Waals surface area contributed by atoms with Crippen LogP contribution in [0.2, 0.25) is 0 Å². The molecule has 1 aromatic carbocycles. The summed E-state index contributed by atoms with van der Waals surface area (Å²) in [5.74, 6) is -2.63. The number of hydrogen-bond acceptors (Lipinski definition) is 7. The number of anilines is 1. The van der Waals surface area contributed by atoms with Crippen molar-refractivity contribution in [3.8, 4) is 0 Å². The van der Waals surface area contributed by atoms with E-state index < -0.39 is 29.7 Å². The molecule has 0 saturated heterocycles. The monoisotopic (exact) mass is 519 g/mol. The Morgan fingerprint density at radius 1 is 1.00 bits per heavy atom. The second-order valence-corrected chi connectivity index (χ2v) is 9.67. The minimum absolute atomic E-state index is 0.00807. The molecule has 2 aromatic heterocycles. The number of pyridine rings is 1. The molecule has 1 aliphatic carbocycles. The van der Waals surface area contributed by atoms with Crippen LogP contribution in [0.1, 0.15) is 59.3 Å². The number of nitrogens with zero attached hydrogens (tertiary/aromatic N) is 1. The number of fused-ring (bicyclic) bond motifs is 1. The zero-order chi connectivity index (χ0) is 27.2. The van der Waals surface area contributed by atoms with Gasteiger partial charge in [0, 0.05) is 5.69 Å². The van der Waals surface area contributed by atoms with E-state index in [2.05, 4.69) is 5.32 Å². The second-order valence-electron chi connectivity index (χ2n) is 9.67. The molecule has 3 aromatic rings. The molecule has 2 heterocycles. The van der Waals surface area contributed by atoms with Crippen LogP contribution in [0.15, 0.2) is 48.5 Å². The highest BCUT2D eigenvalue weighted by Gasteiger charge is 2.32. The predicted molar refractivity (Wildman–Crippen MR) is 142 cm³/mol. The maximum Gasteiger partial charge on any atom is 0.340 e. The Balaban J connectivity index is 1.73.